The number of likely N-dealkylation sites (N-methyl/N-ethyl adjacent to an activating group) is 1. The number of nitrogens with one attached hydrogen (secondary N) is 1. The zero-order chi connectivity index (χ0) is 20.9. The minimum absolute atomic E-state index is 0.157. The maximum atomic E-state index is 11.0. The monoisotopic (exact) mass is 420 g/mol. The van der Waals surface area contributed by atoms with Crippen molar-refractivity contribution in [1.82, 2.24) is 15.1 Å². The molecule has 0 radical (unpaired) electrons. The smallest absolute Gasteiger partial charge is 0.152 e. The number of nitrogens with zero attached hydrogens (tertiary/aromatic N) is 3. The number of anilines is 1. The molecule has 7 heteroatoms. The maximum Gasteiger partial charge on any atom is 0.152 e. The third kappa shape index (κ3) is 3.18. The van der Waals surface area contributed by atoms with E-state index in [0.29, 0.717) is 17.4 Å². The quantitative estimate of drug-likeness (QED) is 0.658. The molecule has 2 fully saturated rings. The van der Waals surface area contributed by atoms with Gasteiger partial charge in [0, 0.05) is 30.8 Å². The number of ether oxygens (including phenoxy) is 1. The van der Waals surface area contributed by atoms with Gasteiger partial charge < -0.3 is 24.5 Å². The number of rotatable bonds is 4. The van der Waals surface area contributed by atoms with Crippen molar-refractivity contribution >= 4 is 16.8 Å². The lowest BCUT2D eigenvalue weighted by Gasteiger charge is -2.40. The van der Waals surface area contributed by atoms with E-state index in [2.05, 4.69) is 27.5 Å². The molecule has 7 nitrogen and oxygen atoms in total. The average molecular weight is 421 g/mol. The zero-order valence-corrected chi connectivity index (χ0v) is 17.8. The topological polar surface area (TPSA) is 83.7 Å². The first-order valence-corrected chi connectivity index (χ1v) is 11.3. The summed E-state index contributed by atoms with van der Waals surface area (Å²) >= 11 is 0. The molecule has 7 rings (SSSR count). The van der Waals surface area contributed by atoms with Crippen molar-refractivity contribution in [3.63, 3.8) is 0 Å². The number of benzene rings is 1. The lowest BCUT2D eigenvalue weighted by molar-refractivity contribution is -0.0117. The third-order valence-electron chi connectivity index (χ3n) is 7.30. The van der Waals surface area contributed by atoms with Crippen LogP contribution in [0.25, 0.3) is 22.2 Å². The molecular weight excluding hydrogens is 392 g/mol. The van der Waals surface area contributed by atoms with E-state index in [1.54, 1.807) is 12.3 Å². The van der Waals surface area contributed by atoms with Crippen LogP contribution in [0, 0.1) is 0 Å². The number of aromatic hydroxyl groups is 1. The lowest BCUT2D eigenvalue weighted by atomic mass is 9.66. The minimum Gasteiger partial charge on any atom is -0.506 e. The summed E-state index contributed by atoms with van der Waals surface area (Å²) < 4.78 is 11.4. The van der Waals surface area contributed by atoms with Crippen LogP contribution in [0.1, 0.15) is 48.6 Å². The molecule has 2 aromatic heterocycles. The summed E-state index contributed by atoms with van der Waals surface area (Å²) in [5.74, 6) is 2.10. The van der Waals surface area contributed by atoms with E-state index < -0.39 is 0 Å². The summed E-state index contributed by atoms with van der Waals surface area (Å²) in [5.41, 5.74) is 4.83. The van der Waals surface area contributed by atoms with Crippen molar-refractivity contribution in [3.05, 3.63) is 35.6 Å². The van der Waals surface area contributed by atoms with Crippen molar-refractivity contribution in [1.29, 1.82) is 0 Å². The standard InChI is InChI=1S/C24H28N4O3/c1-28-9-11-30-16(13-28)12-25-24-21-15-4-2-14(3-5-15)20(21)22(26-27-24)18-6-7-19-17(23(18)29)8-10-31-19/h6-8,10,14-16,29H,2-5,9,11-13H2,1H3,(H,25,27)/t14?,15?,16-/m1/s1. The fraction of sp³-hybridized carbons (Fsp3) is 0.500. The lowest BCUT2D eigenvalue weighted by Crippen LogP contribution is -2.43. The molecule has 3 aliphatic carbocycles. The van der Waals surface area contributed by atoms with E-state index in [9.17, 15) is 5.11 Å². The van der Waals surface area contributed by atoms with Crippen LogP contribution >= 0.6 is 0 Å². The molecule has 162 valence electrons. The zero-order valence-electron chi connectivity index (χ0n) is 17.8. The Morgan fingerprint density at radius 2 is 1.90 bits per heavy atom. The maximum absolute atomic E-state index is 11.0. The fourth-order valence-corrected chi connectivity index (χ4v) is 5.71. The summed E-state index contributed by atoms with van der Waals surface area (Å²) in [7, 11) is 2.13. The van der Waals surface area contributed by atoms with E-state index in [0.717, 1.165) is 48.7 Å². The van der Waals surface area contributed by atoms with Crippen LogP contribution in [0.2, 0.25) is 0 Å². The second kappa shape index (κ2) is 7.50. The van der Waals surface area contributed by atoms with E-state index in [1.165, 1.54) is 36.8 Å². The molecule has 2 N–H and O–H groups in total. The number of morpholine rings is 1. The molecule has 2 bridgehead atoms. The molecule has 1 aromatic carbocycles. The molecule has 31 heavy (non-hydrogen) atoms. The molecule has 3 aromatic rings. The number of aromatic nitrogens is 2. The second-order valence-corrected chi connectivity index (χ2v) is 9.20. The Hall–Kier alpha value is -2.64. The number of hydrogen-bond acceptors (Lipinski definition) is 7. The predicted octanol–water partition coefficient (Wildman–Crippen LogP) is 4.09. The highest BCUT2D eigenvalue weighted by molar-refractivity contribution is 5.92. The van der Waals surface area contributed by atoms with E-state index in [4.69, 9.17) is 9.15 Å². The molecule has 3 heterocycles. The third-order valence-corrected chi connectivity index (χ3v) is 7.30. The van der Waals surface area contributed by atoms with Gasteiger partial charge in [0.25, 0.3) is 0 Å². The van der Waals surface area contributed by atoms with Crippen LogP contribution in [0.5, 0.6) is 5.75 Å². The van der Waals surface area contributed by atoms with Crippen molar-refractivity contribution in [2.24, 2.45) is 0 Å². The van der Waals surface area contributed by atoms with Crippen molar-refractivity contribution in [3.8, 4) is 17.0 Å². The normalized spacial score (nSPS) is 25.6. The molecule has 0 amide bonds. The Morgan fingerprint density at radius 3 is 2.71 bits per heavy atom. The number of hydrogen-bond donors (Lipinski definition) is 2. The van der Waals surface area contributed by atoms with E-state index in [1.807, 2.05) is 12.1 Å². The highest BCUT2D eigenvalue weighted by Gasteiger charge is 2.38. The van der Waals surface area contributed by atoms with Crippen molar-refractivity contribution in [2.75, 3.05) is 38.6 Å². The second-order valence-electron chi connectivity index (χ2n) is 9.20. The molecule has 0 unspecified atom stereocenters. The number of phenols is 1. The van der Waals surface area contributed by atoms with Gasteiger partial charge in [-0.2, -0.15) is 0 Å². The van der Waals surface area contributed by atoms with Gasteiger partial charge in [-0.25, -0.2) is 0 Å². The van der Waals surface area contributed by atoms with Gasteiger partial charge in [0.1, 0.15) is 17.0 Å². The molecule has 1 saturated carbocycles. The van der Waals surface area contributed by atoms with Gasteiger partial charge in [0.05, 0.1) is 24.4 Å². The average Bonchev–Trinajstić information content (AvgIpc) is 3.29. The Morgan fingerprint density at radius 1 is 1.10 bits per heavy atom. The first-order valence-electron chi connectivity index (χ1n) is 11.3. The predicted molar refractivity (Wildman–Crippen MR) is 119 cm³/mol. The van der Waals surface area contributed by atoms with Gasteiger partial charge in [-0.3, -0.25) is 0 Å². The Bertz CT molecular complexity index is 1120. The number of phenolic OH excluding ortho intramolecular Hbond substituents is 1. The summed E-state index contributed by atoms with van der Waals surface area (Å²) in [6, 6.07) is 5.62. The van der Waals surface area contributed by atoms with Gasteiger partial charge in [-0.05, 0) is 68.3 Å². The summed E-state index contributed by atoms with van der Waals surface area (Å²) in [6.07, 6.45) is 6.53. The van der Waals surface area contributed by atoms with Gasteiger partial charge in [0.15, 0.2) is 5.82 Å². The summed E-state index contributed by atoms with van der Waals surface area (Å²) in [4.78, 5) is 2.30. The van der Waals surface area contributed by atoms with Gasteiger partial charge in [0.2, 0.25) is 0 Å². The molecule has 1 atom stereocenters. The molecular formula is C24H28N4O3. The molecule has 1 aliphatic heterocycles. The summed E-state index contributed by atoms with van der Waals surface area (Å²) in [6.45, 7) is 3.40. The first kappa shape index (κ1) is 19.1. The highest BCUT2D eigenvalue weighted by Crippen LogP contribution is 2.54. The molecule has 0 spiro atoms. The van der Waals surface area contributed by atoms with E-state index >= 15 is 0 Å². The molecule has 4 aliphatic rings. The minimum atomic E-state index is 0.157. The summed E-state index contributed by atoms with van der Waals surface area (Å²) in [5, 5.41) is 24.5. The van der Waals surface area contributed by atoms with Crippen LogP contribution in [0.15, 0.2) is 28.9 Å². The van der Waals surface area contributed by atoms with Gasteiger partial charge in [-0.1, -0.05) is 0 Å². The van der Waals surface area contributed by atoms with E-state index in [-0.39, 0.29) is 11.9 Å². The van der Waals surface area contributed by atoms with Crippen LogP contribution in [0.3, 0.4) is 0 Å². The van der Waals surface area contributed by atoms with Crippen LogP contribution < -0.4 is 5.32 Å². The number of fused-ring (bicyclic) bond motifs is 3. The highest BCUT2D eigenvalue weighted by atomic mass is 16.5. The van der Waals surface area contributed by atoms with Crippen LogP contribution in [-0.4, -0.2) is 59.6 Å². The van der Waals surface area contributed by atoms with Crippen LogP contribution in [-0.2, 0) is 4.74 Å². The Labute approximate surface area is 181 Å². The Kier molecular flexibility index (Phi) is 4.61. The largest absolute Gasteiger partial charge is 0.506 e. The number of furan rings is 1. The molecule has 1 saturated heterocycles. The van der Waals surface area contributed by atoms with Gasteiger partial charge >= 0.3 is 0 Å². The SMILES string of the molecule is CN1CCO[C@H](CNc2nnc(-c3ccc4occc4c3O)c3c2C2CCC3CC2)C1. The van der Waals surface area contributed by atoms with Crippen molar-refractivity contribution in [2.45, 2.75) is 43.6 Å². The van der Waals surface area contributed by atoms with Crippen LogP contribution in [0.4, 0.5) is 5.82 Å². The van der Waals surface area contributed by atoms with Gasteiger partial charge in [-0.15, -0.1) is 10.2 Å². The first-order chi connectivity index (χ1) is 15.2. The van der Waals surface area contributed by atoms with Crippen molar-refractivity contribution < 1.29 is 14.3 Å². The fourth-order valence-electron chi connectivity index (χ4n) is 5.71. The Balaban J connectivity index is 1.40.